The van der Waals surface area contributed by atoms with Crippen molar-refractivity contribution in [3.05, 3.63) is 62.2 Å². The second kappa shape index (κ2) is 5.49. The third kappa shape index (κ3) is 2.71. The van der Waals surface area contributed by atoms with Crippen LogP contribution in [0.4, 0.5) is 0 Å². The third-order valence-corrected chi connectivity index (χ3v) is 3.89. The Hall–Kier alpha value is -2.47. The van der Waals surface area contributed by atoms with Gasteiger partial charge in [0, 0.05) is 18.4 Å². The van der Waals surface area contributed by atoms with Crippen molar-refractivity contribution in [2.45, 2.75) is 13.5 Å². The minimum absolute atomic E-state index is 0.100. The van der Waals surface area contributed by atoms with Crippen LogP contribution >= 0.6 is 11.3 Å². The fourth-order valence-corrected chi connectivity index (χ4v) is 2.71. The second-order valence-electron chi connectivity index (χ2n) is 4.69. The first-order valence-corrected chi connectivity index (χ1v) is 7.38. The van der Waals surface area contributed by atoms with Gasteiger partial charge < -0.3 is 10.3 Å². The Bertz CT molecular complexity index is 853. The summed E-state index contributed by atoms with van der Waals surface area (Å²) in [5, 5.41) is 7.06. The molecule has 0 bridgehead atoms. The van der Waals surface area contributed by atoms with Crippen molar-refractivity contribution in [1.82, 2.24) is 15.3 Å². The number of aromatic amines is 1. The van der Waals surface area contributed by atoms with E-state index in [1.54, 1.807) is 23.5 Å². The monoisotopic (exact) mass is 299 g/mol. The van der Waals surface area contributed by atoms with Gasteiger partial charge in [0.05, 0.1) is 5.39 Å². The highest BCUT2D eigenvalue weighted by Gasteiger charge is 2.13. The number of nitrogens with zero attached hydrogens (tertiary/aromatic N) is 1. The third-order valence-electron chi connectivity index (χ3n) is 3.15. The highest BCUT2D eigenvalue weighted by atomic mass is 32.1. The van der Waals surface area contributed by atoms with Crippen LogP contribution in [-0.2, 0) is 6.54 Å². The largest absolute Gasteiger partial charge is 0.348 e. The van der Waals surface area contributed by atoms with Gasteiger partial charge in [-0.3, -0.25) is 9.59 Å². The van der Waals surface area contributed by atoms with Crippen molar-refractivity contribution >= 4 is 28.3 Å². The van der Waals surface area contributed by atoms with Crippen LogP contribution in [0.25, 0.3) is 11.0 Å². The maximum absolute atomic E-state index is 12.3. The molecule has 0 aliphatic rings. The van der Waals surface area contributed by atoms with Crippen LogP contribution in [0.3, 0.4) is 0 Å². The number of carbonyl (C=O) groups excluding carboxylic acids is 1. The molecule has 0 atom stereocenters. The molecule has 0 fully saturated rings. The van der Waals surface area contributed by atoms with Gasteiger partial charge in [-0.05, 0) is 41.4 Å². The van der Waals surface area contributed by atoms with E-state index in [0.29, 0.717) is 17.6 Å². The Morgan fingerprint density at radius 1 is 1.38 bits per heavy atom. The lowest BCUT2D eigenvalue weighted by Crippen LogP contribution is -2.28. The number of amides is 1. The van der Waals surface area contributed by atoms with Crippen LogP contribution in [0.2, 0.25) is 0 Å². The van der Waals surface area contributed by atoms with Gasteiger partial charge in [-0.1, -0.05) is 0 Å². The molecule has 5 nitrogen and oxygen atoms in total. The molecule has 1 amide bonds. The van der Waals surface area contributed by atoms with Crippen molar-refractivity contribution in [2.75, 3.05) is 0 Å². The van der Waals surface area contributed by atoms with Gasteiger partial charge in [-0.2, -0.15) is 11.3 Å². The molecule has 0 saturated carbocycles. The molecule has 0 aromatic carbocycles. The van der Waals surface area contributed by atoms with E-state index in [1.807, 2.05) is 23.8 Å². The zero-order valence-electron chi connectivity index (χ0n) is 11.3. The first kappa shape index (κ1) is 13.5. The van der Waals surface area contributed by atoms with Crippen LogP contribution in [0, 0.1) is 6.92 Å². The predicted molar refractivity (Wildman–Crippen MR) is 82.6 cm³/mol. The van der Waals surface area contributed by atoms with Crippen molar-refractivity contribution in [3.63, 3.8) is 0 Å². The molecule has 0 radical (unpaired) electrons. The summed E-state index contributed by atoms with van der Waals surface area (Å²) in [5.41, 5.74) is 2.12. The molecule has 0 aliphatic carbocycles. The lowest BCUT2D eigenvalue weighted by molar-refractivity contribution is 0.0949. The smallest absolute Gasteiger partial charge is 0.257 e. The van der Waals surface area contributed by atoms with Crippen LogP contribution in [0.15, 0.2) is 40.0 Å². The number of thiophene rings is 1. The van der Waals surface area contributed by atoms with E-state index in [0.717, 1.165) is 11.3 Å². The predicted octanol–water partition coefficient (Wildman–Crippen LogP) is 2.22. The standard InChI is InChI=1S/C15H13N3O2S/c1-9-2-3-11-13(19)12(7-16-14(11)18-9)15(20)17-6-10-4-5-21-8-10/h2-5,7-8H,6H2,1H3,(H,17,20)(H,16,18,19). The van der Waals surface area contributed by atoms with Gasteiger partial charge in [0.1, 0.15) is 11.2 Å². The summed E-state index contributed by atoms with van der Waals surface area (Å²) in [4.78, 5) is 31.6. The van der Waals surface area contributed by atoms with Crippen molar-refractivity contribution in [1.29, 1.82) is 0 Å². The van der Waals surface area contributed by atoms with E-state index in [9.17, 15) is 9.59 Å². The summed E-state index contributed by atoms with van der Waals surface area (Å²) < 4.78 is 0. The van der Waals surface area contributed by atoms with Crippen LogP contribution in [0.1, 0.15) is 21.6 Å². The molecule has 0 aliphatic heterocycles. The van der Waals surface area contributed by atoms with Gasteiger partial charge in [-0.15, -0.1) is 0 Å². The quantitative estimate of drug-likeness (QED) is 0.778. The zero-order valence-corrected chi connectivity index (χ0v) is 12.2. The van der Waals surface area contributed by atoms with E-state index in [-0.39, 0.29) is 16.9 Å². The topological polar surface area (TPSA) is 74.8 Å². The summed E-state index contributed by atoms with van der Waals surface area (Å²) in [5.74, 6) is -0.384. The number of aromatic nitrogens is 2. The average Bonchev–Trinajstić information content (AvgIpc) is 2.98. The van der Waals surface area contributed by atoms with Gasteiger partial charge in [0.15, 0.2) is 0 Å². The fourth-order valence-electron chi connectivity index (χ4n) is 2.04. The molecule has 0 unspecified atom stereocenters. The number of carbonyl (C=O) groups is 1. The zero-order chi connectivity index (χ0) is 14.8. The second-order valence-corrected chi connectivity index (χ2v) is 5.47. The molecule has 3 aromatic rings. The van der Waals surface area contributed by atoms with Crippen LogP contribution in [-0.4, -0.2) is 15.9 Å². The average molecular weight is 299 g/mol. The Balaban J connectivity index is 1.89. The van der Waals surface area contributed by atoms with Gasteiger partial charge in [-0.25, -0.2) is 4.98 Å². The molecule has 3 aromatic heterocycles. The van der Waals surface area contributed by atoms with E-state index in [2.05, 4.69) is 15.3 Å². The van der Waals surface area contributed by atoms with E-state index in [4.69, 9.17) is 0 Å². The van der Waals surface area contributed by atoms with Crippen LogP contribution in [0.5, 0.6) is 0 Å². The molecule has 0 spiro atoms. The Labute approximate surface area is 124 Å². The maximum Gasteiger partial charge on any atom is 0.257 e. The molecule has 6 heteroatoms. The number of H-pyrrole nitrogens is 1. The highest BCUT2D eigenvalue weighted by molar-refractivity contribution is 7.07. The molecule has 2 N–H and O–H groups in total. The molecule has 3 heterocycles. The fraction of sp³-hybridized carbons (Fsp3) is 0.133. The summed E-state index contributed by atoms with van der Waals surface area (Å²) in [6, 6.07) is 5.37. The van der Waals surface area contributed by atoms with E-state index >= 15 is 0 Å². The molecule has 21 heavy (non-hydrogen) atoms. The first-order chi connectivity index (χ1) is 10.1. The number of fused-ring (bicyclic) bond motifs is 1. The van der Waals surface area contributed by atoms with E-state index < -0.39 is 0 Å². The Morgan fingerprint density at radius 2 is 2.24 bits per heavy atom. The summed E-state index contributed by atoms with van der Waals surface area (Å²) >= 11 is 1.57. The highest BCUT2D eigenvalue weighted by Crippen LogP contribution is 2.08. The lowest BCUT2D eigenvalue weighted by atomic mass is 10.2. The van der Waals surface area contributed by atoms with Crippen molar-refractivity contribution in [3.8, 4) is 0 Å². The Kier molecular flexibility index (Phi) is 3.53. The molecular formula is C15H13N3O2S. The van der Waals surface area contributed by atoms with Crippen molar-refractivity contribution < 1.29 is 4.79 Å². The SMILES string of the molecule is Cc1ccc2c(=O)c(C(=O)NCc3ccsc3)c[nH]c2n1. The minimum atomic E-state index is -0.384. The Morgan fingerprint density at radius 3 is 3.00 bits per heavy atom. The maximum atomic E-state index is 12.3. The molecule has 3 rings (SSSR count). The number of hydrogen-bond acceptors (Lipinski definition) is 4. The normalized spacial score (nSPS) is 10.7. The number of pyridine rings is 2. The molecule has 106 valence electrons. The lowest BCUT2D eigenvalue weighted by Gasteiger charge is -2.05. The molecule has 0 saturated heterocycles. The van der Waals surface area contributed by atoms with Crippen LogP contribution < -0.4 is 10.7 Å². The summed E-state index contributed by atoms with van der Waals surface area (Å²) in [7, 11) is 0. The number of nitrogens with one attached hydrogen (secondary N) is 2. The first-order valence-electron chi connectivity index (χ1n) is 6.43. The van der Waals surface area contributed by atoms with Gasteiger partial charge in [0.25, 0.3) is 5.91 Å². The number of rotatable bonds is 3. The van der Waals surface area contributed by atoms with Crippen molar-refractivity contribution in [2.24, 2.45) is 0 Å². The number of hydrogen-bond donors (Lipinski definition) is 2. The molecular weight excluding hydrogens is 286 g/mol. The van der Waals surface area contributed by atoms with E-state index in [1.165, 1.54) is 6.20 Å². The minimum Gasteiger partial charge on any atom is -0.348 e. The summed E-state index contributed by atoms with van der Waals surface area (Å²) in [6.45, 7) is 2.26. The van der Waals surface area contributed by atoms with Gasteiger partial charge in [0.2, 0.25) is 5.43 Å². The van der Waals surface area contributed by atoms with Gasteiger partial charge >= 0.3 is 0 Å². The summed E-state index contributed by atoms with van der Waals surface area (Å²) in [6.07, 6.45) is 1.42. The number of aryl methyl sites for hydroxylation is 1.